The fourth-order valence-electron chi connectivity index (χ4n) is 0.595. The molecule has 0 aliphatic rings. The first-order valence-corrected chi connectivity index (χ1v) is 5.03. The molecule has 0 aromatic heterocycles. The van der Waals surface area contributed by atoms with Crippen LogP contribution in [0.15, 0.2) is 12.7 Å². The van der Waals surface area contributed by atoms with Gasteiger partial charge in [-0.15, -0.1) is 6.58 Å². The van der Waals surface area contributed by atoms with Crippen molar-refractivity contribution >= 4 is 9.84 Å². The standard InChI is InChI=1S/C6H13NO2S/c1-4-6(7-2)5-10(3,8)9/h4,6-7H,1,5H2,2-3H3. The molecule has 0 aliphatic heterocycles. The lowest BCUT2D eigenvalue weighted by Crippen LogP contribution is -2.30. The van der Waals surface area contributed by atoms with Gasteiger partial charge in [0.15, 0.2) is 0 Å². The van der Waals surface area contributed by atoms with Crippen LogP contribution < -0.4 is 5.32 Å². The topological polar surface area (TPSA) is 46.2 Å². The maximum Gasteiger partial charge on any atom is 0.149 e. The summed E-state index contributed by atoms with van der Waals surface area (Å²) >= 11 is 0. The normalized spacial score (nSPS) is 14.6. The van der Waals surface area contributed by atoms with Crippen molar-refractivity contribution in [2.45, 2.75) is 6.04 Å². The van der Waals surface area contributed by atoms with Crippen molar-refractivity contribution < 1.29 is 8.42 Å². The summed E-state index contributed by atoms with van der Waals surface area (Å²) in [6, 6.07) is -0.130. The average molecular weight is 163 g/mol. The Bertz CT molecular complexity index is 196. The highest BCUT2D eigenvalue weighted by Gasteiger charge is 2.08. The maximum atomic E-state index is 10.7. The summed E-state index contributed by atoms with van der Waals surface area (Å²) in [6.07, 6.45) is 2.79. The van der Waals surface area contributed by atoms with Gasteiger partial charge in [0.25, 0.3) is 0 Å². The SMILES string of the molecule is C=CC(CS(C)(=O)=O)NC. The molecule has 0 bridgehead atoms. The van der Waals surface area contributed by atoms with Gasteiger partial charge < -0.3 is 5.32 Å². The van der Waals surface area contributed by atoms with E-state index in [4.69, 9.17) is 0 Å². The van der Waals surface area contributed by atoms with Crippen molar-refractivity contribution in [1.82, 2.24) is 5.32 Å². The molecule has 0 aromatic rings. The third-order valence-corrected chi connectivity index (χ3v) is 2.10. The molecule has 0 aliphatic carbocycles. The van der Waals surface area contributed by atoms with Crippen molar-refractivity contribution in [3.63, 3.8) is 0 Å². The molecule has 0 radical (unpaired) electrons. The van der Waals surface area contributed by atoms with Gasteiger partial charge in [-0.1, -0.05) is 6.08 Å². The summed E-state index contributed by atoms with van der Waals surface area (Å²) in [6.45, 7) is 3.49. The number of nitrogens with one attached hydrogen (secondary N) is 1. The van der Waals surface area contributed by atoms with E-state index < -0.39 is 9.84 Å². The zero-order valence-corrected chi connectivity index (χ0v) is 7.11. The molecule has 0 aromatic carbocycles. The van der Waals surface area contributed by atoms with Gasteiger partial charge in [0.05, 0.1) is 5.75 Å². The predicted molar refractivity (Wildman–Crippen MR) is 42.8 cm³/mol. The molecule has 1 N–H and O–H groups in total. The van der Waals surface area contributed by atoms with E-state index in [1.807, 2.05) is 0 Å². The van der Waals surface area contributed by atoms with E-state index in [-0.39, 0.29) is 11.8 Å². The lowest BCUT2D eigenvalue weighted by atomic mass is 10.3. The van der Waals surface area contributed by atoms with Crippen LogP contribution in [0.5, 0.6) is 0 Å². The summed E-state index contributed by atoms with van der Waals surface area (Å²) in [5, 5.41) is 2.81. The summed E-state index contributed by atoms with van der Waals surface area (Å²) in [5.74, 6) is 0.118. The van der Waals surface area contributed by atoms with Gasteiger partial charge in [-0.25, -0.2) is 8.42 Å². The lowest BCUT2D eigenvalue weighted by molar-refractivity contribution is 0.592. The molecule has 0 rings (SSSR count). The first-order chi connectivity index (χ1) is 4.49. The molecule has 10 heavy (non-hydrogen) atoms. The summed E-state index contributed by atoms with van der Waals surface area (Å²) in [7, 11) is -1.18. The van der Waals surface area contributed by atoms with E-state index in [1.165, 1.54) is 6.26 Å². The van der Waals surface area contributed by atoms with Crippen LogP contribution >= 0.6 is 0 Å². The number of hydrogen-bond donors (Lipinski definition) is 1. The number of rotatable bonds is 4. The molecule has 0 saturated carbocycles. The quantitative estimate of drug-likeness (QED) is 0.584. The van der Waals surface area contributed by atoms with E-state index in [0.29, 0.717) is 0 Å². The van der Waals surface area contributed by atoms with Crippen LogP contribution in [-0.2, 0) is 9.84 Å². The minimum atomic E-state index is -2.88. The lowest BCUT2D eigenvalue weighted by Gasteiger charge is -2.07. The largest absolute Gasteiger partial charge is 0.313 e. The van der Waals surface area contributed by atoms with Crippen LogP contribution in [-0.4, -0.2) is 33.5 Å². The van der Waals surface area contributed by atoms with E-state index >= 15 is 0 Å². The molecule has 60 valence electrons. The molecular weight excluding hydrogens is 150 g/mol. The third-order valence-electron chi connectivity index (χ3n) is 1.14. The van der Waals surface area contributed by atoms with Gasteiger partial charge in [0.2, 0.25) is 0 Å². The summed E-state index contributed by atoms with van der Waals surface area (Å²) < 4.78 is 21.3. The predicted octanol–water partition coefficient (Wildman–Crippen LogP) is -0.195. The highest BCUT2D eigenvalue weighted by molar-refractivity contribution is 7.90. The second-order valence-electron chi connectivity index (χ2n) is 2.22. The van der Waals surface area contributed by atoms with Gasteiger partial charge in [0, 0.05) is 12.3 Å². The fraction of sp³-hybridized carbons (Fsp3) is 0.667. The molecule has 1 atom stereocenters. The van der Waals surface area contributed by atoms with E-state index in [0.717, 1.165) is 0 Å². The Morgan fingerprint density at radius 3 is 2.30 bits per heavy atom. The van der Waals surface area contributed by atoms with Crippen LogP contribution in [0.2, 0.25) is 0 Å². The fourth-order valence-corrected chi connectivity index (χ4v) is 1.55. The van der Waals surface area contributed by atoms with Crippen LogP contribution in [0.25, 0.3) is 0 Å². The Balaban J connectivity index is 4.00. The molecule has 4 heteroatoms. The molecule has 0 saturated heterocycles. The molecule has 0 amide bonds. The van der Waals surface area contributed by atoms with Crippen LogP contribution in [0.4, 0.5) is 0 Å². The molecule has 3 nitrogen and oxygen atoms in total. The summed E-state index contributed by atoms with van der Waals surface area (Å²) in [4.78, 5) is 0. The zero-order chi connectivity index (χ0) is 8.20. The monoisotopic (exact) mass is 163 g/mol. The second-order valence-corrected chi connectivity index (χ2v) is 4.41. The zero-order valence-electron chi connectivity index (χ0n) is 6.29. The first-order valence-electron chi connectivity index (χ1n) is 2.97. The van der Waals surface area contributed by atoms with Gasteiger partial charge in [0.1, 0.15) is 9.84 Å². The second kappa shape index (κ2) is 3.73. The highest BCUT2D eigenvalue weighted by Crippen LogP contribution is 1.90. The van der Waals surface area contributed by atoms with Crippen LogP contribution in [0, 0.1) is 0 Å². The molecule has 1 unspecified atom stereocenters. The van der Waals surface area contributed by atoms with Crippen LogP contribution in [0.1, 0.15) is 0 Å². The third kappa shape index (κ3) is 4.52. The van der Waals surface area contributed by atoms with Gasteiger partial charge in [-0.3, -0.25) is 0 Å². The van der Waals surface area contributed by atoms with Crippen LogP contribution in [0.3, 0.4) is 0 Å². The van der Waals surface area contributed by atoms with Gasteiger partial charge in [-0.05, 0) is 7.05 Å². The van der Waals surface area contributed by atoms with Crippen molar-refractivity contribution in [2.75, 3.05) is 19.1 Å². The van der Waals surface area contributed by atoms with E-state index in [2.05, 4.69) is 11.9 Å². The van der Waals surface area contributed by atoms with E-state index in [9.17, 15) is 8.42 Å². The molecule has 0 heterocycles. The van der Waals surface area contributed by atoms with Gasteiger partial charge in [-0.2, -0.15) is 0 Å². The number of sulfone groups is 1. The number of hydrogen-bond acceptors (Lipinski definition) is 3. The molecule has 0 fully saturated rings. The Labute approximate surface area is 62.0 Å². The Morgan fingerprint density at radius 2 is 2.20 bits per heavy atom. The van der Waals surface area contributed by atoms with Crippen molar-refractivity contribution in [2.24, 2.45) is 0 Å². The number of likely N-dealkylation sites (N-methyl/N-ethyl adjacent to an activating group) is 1. The van der Waals surface area contributed by atoms with Gasteiger partial charge >= 0.3 is 0 Å². The van der Waals surface area contributed by atoms with Crippen molar-refractivity contribution in [3.05, 3.63) is 12.7 Å². The molecule has 0 spiro atoms. The first kappa shape index (κ1) is 9.65. The Hall–Kier alpha value is -0.350. The maximum absolute atomic E-state index is 10.7. The Morgan fingerprint density at radius 1 is 1.70 bits per heavy atom. The van der Waals surface area contributed by atoms with Crippen molar-refractivity contribution in [3.8, 4) is 0 Å². The summed E-state index contributed by atoms with van der Waals surface area (Å²) in [5.41, 5.74) is 0. The van der Waals surface area contributed by atoms with Crippen molar-refractivity contribution in [1.29, 1.82) is 0 Å². The van der Waals surface area contributed by atoms with E-state index in [1.54, 1.807) is 13.1 Å². The minimum absolute atomic E-state index is 0.118. The Kier molecular flexibility index (Phi) is 3.60. The minimum Gasteiger partial charge on any atom is -0.313 e. The average Bonchev–Trinajstić information content (AvgIpc) is 1.81. The smallest absolute Gasteiger partial charge is 0.149 e. The molecular formula is C6H13NO2S. The highest BCUT2D eigenvalue weighted by atomic mass is 32.2.